The molecule has 0 aromatic heterocycles. The minimum atomic E-state index is 0.0816. The molecular formula is C16H26N2O2. The summed E-state index contributed by atoms with van der Waals surface area (Å²) in [6.45, 7) is 7.30. The number of aromatic hydroxyl groups is 1. The monoisotopic (exact) mass is 278 g/mol. The van der Waals surface area contributed by atoms with Crippen molar-refractivity contribution in [1.29, 1.82) is 0 Å². The quantitative estimate of drug-likeness (QED) is 0.867. The first-order chi connectivity index (χ1) is 9.56. The molecule has 0 saturated carbocycles. The second kappa shape index (κ2) is 6.95. The van der Waals surface area contributed by atoms with E-state index in [-0.39, 0.29) is 11.8 Å². The van der Waals surface area contributed by atoms with E-state index >= 15 is 0 Å². The minimum absolute atomic E-state index is 0.0816. The first-order valence-corrected chi connectivity index (χ1v) is 7.47. The van der Waals surface area contributed by atoms with Crippen LogP contribution in [0.15, 0.2) is 24.3 Å². The Bertz CT molecular complexity index is 397. The van der Waals surface area contributed by atoms with Gasteiger partial charge in [-0.1, -0.05) is 0 Å². The van der Waals surface area contributed by atoms with Crippen LogP contribution in [-0.4, -0.2) is 41.8 Å². The number of phenolic OH excluding ortho intramolecular Hbond substituents is 1. The summed E-state index contributed by atoms with van der Waals surface area (Å²) in [5.41, 5.74) is 6.25. The molecule has 1 aromatic rings. The van der Waals surface area contributed by atoms with Gasteiger partial charge in [-0.05, 0) is 70.0 Å². The first kappa shape index (κ1) is 15.1. The van der Waals surface area contributed by atoms with Crippen LogP contribution in [0.25, 0.3) is 0 Å². The van der Waals surface area contributed by atoms with Gasteiger partial charge in [0.1, 0.15) is 18.1 Å². The molecule has 4 nitrogen and oxygen atoms in total. The van der Waals surface area contributed by atoms with E-state index in [2.05, 4.69) is 18.7 Å². The number of likely N-dealkylation sites (tertiary alicyclic amines) is 1. The van der Waals surface area contributed by atoms with E-state index in [4.69, 9.17) is 10.5 Å². The second-order valence-electron chi connectivity index (χ2n) is 5.94. The summed E-state index contributed by atoms with van der Waals surface area (Å²) in [6.07, 6.45) is 2.30. The summed E-state index contributed by atoms with van der Waals surface area (Å²) < 4.78 is 5.70. The van der Waals surface area contributed by atoms with Crippen LogP contribution in [0.3, 0.4) is 0 Å². The van der Waals surface area contributed by atoms with Crippen molar-refractivity contribution in [2.75, 3.05) is 19.7 Å². The smallest absolute Gasteiger partial charge is 0.119 e. The number of benzene rings is 1. The van der Waals surface area contributed by atoms with Gasteiger partial charge in [0, 0.05) is 12.1 Å². The molecule has 1 atom stereocenters. The fraction of sp³-hybridized carbons (Fsp3) is 0.625. The van der Waals surface area contributed by atoms with Crippen molar-refractivity contribution < 1.29 is 9.84 Å². The number of piperidine rings is 1. The molecule has 1 unspecified atom stereocenters. The molecule has 2 rings (SSSR count). The molecule has 0 radical (unpaired) electrons. The van der Waals surface area contributed by atoms with Crippen LogP contribution in [0.1, 0.15) is 26.7 Å². The predicted molar refractivity (Wildman–Crippen MR) is 81.0 cm³/mol. The molecule has 1 saturated heterocycles. The van der Waals surface area contributed by atoms with Gasteiger partial charge in [-0.15, -0.1) is 0 Å². The third-order valence-corrected chi connectivity index (χ3v) is 4.19. The van der Waals surface area contributed by atoms with Crippen LogP contribution < -0.4 is 10.5 Å². The highest BCUT2D eigenvalue weighted by Crippen LogP contribution is 2.22. The van der Waals surface area contributed by atoms with Gasteiger partial charge in [-0.25, -0.2) is 0 Å². The van der Waals surface area contributed by atoms with Gasteiger partial charge in [0.25, 0.3) is 0 Å². The average Bonchev–Trinajstić information content (AvgIpc) is 2.46. The summed E-state index contributed by atoms with van der Waals surface area (Å²) in [6, 6.07) is 7.50. The molecule has 20 heavy (non-hydrogen) atoms. The van der Waals surface area contributed by atoms with E-state index in [1.807, 2.05) is 0 Å². The molecule has 1 heterocycles. The Morgan fingerprint density at radius 1 is 1.25 bits per heavy atom. The minimum Gasteiger partial charge on any atom is -0.508 e. The number of ether oxygens (including phenoxy) is 1. The van der Waals surface area contributed by atoms with Crippen LogP contribution in [0.2, 0.25) is 0 Å². The molecule has 0 spiro atoms. The lowest BCUT2D eigenvalue weighted by atomic mass is 9.90. The lowest BCUT2D eigenvalue weighted by Gasteiger charge is -2.36. The fourth-order valence-electron chi connectivity index (χ4n) is 2.73. The molecule has 3 N–H and O–H groups in total. The molecule has 4 heteroatoms. The van der Waals surface area contributed by atoms with Gasteiger partial charge in [0.2, 0.25) is 0 Å². The zero-order valence-corrected chi connectivity index (χ0v) is 12.5. The van der Waals surface area contributed by atoms with Gasteiger partial charge in [-0.3, -0.25) is 0 Å². The Labute approximate surface area is 121 Å². The van der Waals surface area contributed by atoms with Crippen molar-refractivity contribution in [3.8, 4) is 11.5 Å². The maximum Gasteiger partial charge on any atom is 0.119 e. The Kier molecular flexibility index (Phi) is 5.26. The summed E-state index contributed by atoms with van der Waals surface area (Å²) >= 11 is 0. The normalized spacial score (nSPS) is 19.2. The zero-order valence-electron chi connectivity index (χ0n) is 12.5. The zero-order chi connectivity index (χ0) is 14.5. The van der Waals surface area contributed by atoms with Gasteiger partial charge >= 0.3 is 0 Å². The lowest BCUT2D eigenvalue weighted by Crippen LogP contribution is -2.45. The molecule has 1 aliphatic heterocycles. The highest BCUT2D eigenvalue weighted by Gasteiger charge is 2.25. The van der Waals surface area contributed by atoms with Crippen molar-refractivity contribution in [3.05, 3.63) is 24.3 Å². The van der Waals surface area contributed by atoms with Crippen LogP contribution in [0, 0.1) is 5.92 Å². The van der Waals surface area contributed by atoms with Crippen molar-refractivity contribution in [2.24, 2.45) is 11.7 Å². The van der Waals surface area contributed by atoms with Crippen LogP contribution >= 0.6 is 0 Å². The van der Waals surface area contributed by atoms with Gasteiger partial charge < -0.3 is 20.5 Å². The van der Waals surface area contributed by atoms with Crippen molar-refractivity contribution in [2.45, 2.75) is 38.8 Å². The number of nitrogens with two attached hydrogens (primary N) is 1. The van der Waals surface area contributed by atoms with Gasteiger partial charge in [0.15, 0.2) is 0 Å². The van der Waals surface area contributed by atoms with E-state index in [1.165, 1.54) is 0 Å². The van der Waals surface area contributed by atoms with Crippen LogP contribution in [0.4, 0.5) is 0 Å². The Hall–Kier alpha value is -1.26. The maximum atomic E-state index is 9.22. The first-order valence-electron chi connectivity index (χ1n) is 7.47. The van der Waals surface area contributed by atoms with E-state index in [1.54, 1.807) is 24.3 Å². The highest BCUT2D eigenvalue weighted by molar-refractivity contribution is 5.30. The van der Waals surface area contributed by atoms with Crippen molar-refractivity contribution in [3.63, 3.8) is 0 Å². The summed E-state index contributed by atoms with van der Waals surface area (Å²) in [7, 11) is 0. The number of phenols is 1. The average molecular weight is 278 g/mol. The van der Waals surface area contributed by atoms with E-state index < -0.39 is 0 Å². The van der Waals surface area contributed by atoms with Crippen molar-refractivity contribution in [1.82, 2.24) is 4.90 Å². The third-order valence-electron chi connectivity index (χ3n) is 4.19. The van der Waals surface area contributed by atoms with Crippen LogP contribution in [0.5, 0.6) is 11.5 Å². The van der Waals surface area contributed by atoms with E-state index in [0.717, 1.165) is 31.7 Å². The number of hydrogen-bond donors (Lipinski definition) is 2. The van der Waals surface area contributed by atoms with E-state index in [9.17, 15) is 5.11 Å². The van der Waals surface area contributed by atoms with Crippen LogP contribution in [-0.2, 0) is 0 Å². The molecule has 1 fully saturated rings. The standard InChI is InChI=1S/C16H26N2O2/c1-12(2)18-9-7-13(8-10-18)16(17)11-20-15-5-3-14(19)4-6-15/h3-6,12-13,16,19H,7-11,17H2,1-2H3. The second-order valence-corrected chi connectivity index (χ2v) is 5.94. The molecule has 0 amide bonds. The largest absolute Gasteiger partial charge is 0.508 e. The Balaban J connectivity index is 1.75. The number of rotatable bonds is 5. The summed E-state index contributed by atoms with van der Waals surface area (Å²) in [5, 5.41) is 9.22. The number of hydrogen-bond acceptors (Lipinski definition) is 4. The lowest BCUT2D eigenvalue weighted by molar-refractivity contribution is 0.123. The molecular weight excluding hydrogens is 252 g/mol. The molecule has 0 bridgehead atoms. The SMILES string of the molecule is CC(C)N1CCC(C(N)COc2ccc(O)cc2)CC1. The Morgan fingerprint density at radius 3 is 2.40 bits per heavy atom. The molecule has 112 valence electrons. The maximum absolute atomic E-state index is 9.22. The van der Waals surface area contributed by atoms with Crippen molar-refractivity contribution >= 4 is 0 Å². The van der Waals surface area contributed by atoms with Gasteiger partial charge in [0.05, 0.1) is 0 Å². The van der Waals surface area contributed by atoms with E-state index in [0.29, 0.717) is 18.6 Å². The number of nitrogens with zero attached hydrogens (tertiary/aromatic N) is 1. The molecule has 0 aliphatic carbocycles. The summed E-state index contributed by atoms with van der Waals surface area (Å²) in [5.74, 6) is 1.56. The summed E-state index contributed by atoms with van der Waals surface area (Å²) in [4.78, 5) is 2.50. The predicted octanol–water partition coefficient (Wildman–Crippen LogP) is 2.22. The molecule has 1 aliphatic rings. The topological polar surface area (TPSA) is 58.7 Å². The highest BCUT2D eigenvalue weighted by atomic mass is 16.5. The third kappa shape index (κ3) is 4.12. The van der Waals surface area contributed by atoms with Gasteiger partial charge in [-0.2, -0.15) is 0 Å². The Morgan fingerprint density at radius 2 is 1.85 bits per heavy atom. The molecule has 1 aromatic carbocycles. The fourth-order valence-corrected chi connectivity index (χ4v) is 2.73.